The normalized spacial score (nSPS) is 29.4. The average Bonchev–Trinajstić information content (AvgIpc) is 3.12. The average molecular weight is 245 g/mol. The van der Waals surface area contributed by atoms with E-state index in [1.807, 2.05) is 0 Å². The highest BCUT2D eigenvalue weighted by molar-refractivity contribution is 5.15. The van der Waals surface area contributed by atoms with E-state index in [-0.39, 0.29) is 0 Å². The fraction of sp³-hybridized carbons (Fsp3) is 0.625. The molecule has 1 saturated carbocycles. The van der Waals surface area contributed by atoms with Crippen LogP contribution in [0.3, 0.4) is 0 Å². The molecule has 3 unspecified atom stereocenters. The Kier molecular flexibility index (Phi) is 3.67. The molecule has 3 rings (SSSR count). The van der Waals surface area contributed by atoms with Crippen LogP contribution in [0.4, 0.5) is 0 Å². The summed E-state index contributed by atoms with van der Waals surface area (Å²) in [7, 11) is 0. The topological polar surface area (TPSA) is 21.3 Å². The highest BCUT2D eigenvalue weighted by atomic mass is 16.5. The fourth-order valence-corrected chi connectivity index (χ4v) is 3.07. The number of nitrogens with one attached hydrogen (secondary N) is 1. The van der Waals surface area contributed by atoms with E-state index in [9.17, 15) is 0 Å². The molecule has 2 aliphatic rings. The van der Waals surface area contributed by atoms with Gasteiger partial charge in [0.1, 0.15) is 0 Å². The van der Waals surface area contributed by atoms with E-state index in [2.05, 4.69) is 42.6 Å². The van der Waals surface area contributed by atoms with Crippen LogP contribution < -0.4 is 5.32 Å². The van der Waals surface area contributed by atoms with Gasteiger partial charge in [0.05, 0.1) is 6.10 Å². The molecule has 1 heterocycles. The molecule has 1 saturated heterocycles. The van der Waals surface area contributed by atoms with E-state index >= 15 is 0 Å². The van der Waals surface area contributed by atoms with Gasteiger partial charge in [-0.3, -0.25) is 0 Å². The minimum Gasteiger partial charge on any atom is -0.376 e. The quantitative estimate of drug-likeness (QED) is 0.861. The first-order valence-corrected chi connectivity index (χ1v) is 7.24. The molecule has 0 spiro atoms. The highest BCUT2D eigenvalue weighted by Gasteiger charge is 2.40. The van der Waals surface area contributed by atoms with Gasteiger partial charge in [0.15, 0.2) is 0 Å². The molecule has 1 aromatic carbocycles. The van der Waals surface area contributed by atoms with Crippen molar-refractivity contribution >= 4 is 0 Å². The fourth-order valence-electron chi connectivity index (χ4n) is 3.07. The molecule has 0 bridgehead atoms. The Hall–Kier alpha value is -0.860. The van der Waals surface area contributed by atoms with Crippen molar-refractivity contribution in [3.05, 3.63) is 35.9 Å². The summed E-state index contributed by atoms with van der Waals surface area (Å²) in [5, 5.41) is 3.77. The van der Waals surface area contributed by atoms with Gasteiger partial charge in [0, 0.05) is 18.7 Å². The first-order valence-electron chi connectivity index (χ1n) is 7.24. The van der Waals surface area contributed by atoms with Crippen LogP contribution in [0.5, 0.6) is 0 Å². The van der Waals surface area contributed by atoms with Gasteiger partial charge in [-0.05, 0) is 44.1 Å². The number of hydrogen-bond donors (Lipinski definition) is 1. The predicted molar refractivity (Wildman–Crippen MR) is 73.6 cm³/mol. The summed E-state index contributed by atoms with van der Waals surface area (Å²) in [6.07, 6.45) is 5.52. The van der Waals surface area contributed by atoms with E-state index in [0.29, 0.717) is 18.2 Å². The summed E-state index contributed by atoms with van der Waals surface area (Å²) in [6.45, 7) is 3.23. The zero-order valence-corrected chi connectivity index (χ0v) is 11.1. The van der Waals surface area contributed by atoms with Crippen LogP contribution in [0, 0.1) is 5.92 Å². The van der Waals surface area contributed by atoms with Crippen LogP contribution in [0.25, 0.3) is 0 Å². The number of ether oxygens (including phenoxy) is 1. The van der Waals surface area contributed by atoms with Crippen LogP contribution in [0.1, 0.15) is 31.7 Å². The number of rotatable bonds is 5. The summed E-state index contributed by atoms with van der Waals surface area (Å²) in [6, 6.07) is 11.8. The lowest BCUT2D eigenvalue weighted by Crippen LogP contribution is -2.43. The van der Waals surface area contributed by atoms with E-state index in [0.717, 1.165) is 18.9 Å². The van der Waals surface area contributed by atoms with Crippen LogP contribution in [0.15, 0.2) is 30.3 Å². The summed E-state index contributed by atoms with van der Waals surface area (Å²) in [5.74, 6) is 0.842. The molecule has 2 fully saturated rings. The van der Waals surface area contributed by atoms with Gasteiger partial charge in [0.2, 0.25) is 0 Å². The summed E-state index contributed by atoms with van der Waals surface area (Å²) in [4.78, 5) is 0. The molecule has 0 radical (unpaired) electrons. The maximum atomic E-state index is 5.88. The standard InChI is InChI=1S/C16H23NO/c1-12(11-13-5-3-2-4-6-13)17-15-9-10-18-16(15)14-7-8-14/h2-6,12,14-17H,7-11H2,1H3. The Labute approximate surface area is 110 Å². The second kappa shape index (κ2) is 5.41. The molecule has 1 aromatic rings. The molecule has 2 nitrogen and oxygen atoms in total. The van der Waals surface area contributed by atoms with Gasteiger partial charge < -0.3 is 10.1 Å². The lowest BCUT2D eigenvalue weighted by molar-refractivity contribution is 0.0793. The Morgan fingerprint density at radius 1 is 1.22 bits per heavy atom. The molecule has 2 heteroatoms. The molecule has 1 N–H and O–H groups in total. The maximum Gasteiger partial charge on any atom is 0.0757 e. The van der Waals surface area contributed by atoms with Crippen LogP contribution in [0.2, 0.25) is 0 Å². The second-order valence-corrected chi connectivity index (χ2v) is 5.83. The van der Waals surface area contributed by atoms with Crippen LogP contribution in [-0.2, 0) is 11.2 Å². The lowest BCUT2D eigenvalue weighted by atomic mass is 10.0. The third kappa shape index (κ3) is 2.93. The highest BCUT2D eigenvalue weighted by Crippen LogP contribution is 2.38. The van der Waals surface area contributed by atoms with Gasteiger partial charge in [0.25, 0.3) is 0 Å². The van der Waals surface area contributed by atoms with Crippen molar-refractivity contribution in [1.82, 2.24) is 5.32 Å². The van der Waals surface area contributed by atoms with Crippen molar-refractivity contribution in [2.24, 2.45) is 5.92 Å². The van der Waals surface area contributed by atoms with Gasteiger partial charge in [-0.2, -0.15) is 0 Å². The predicted octanol–water partition coefficient (Wildman–Crippen LogP) is 2.77. The number of hydrogen-bond acceptors (Lipinski definition) is 2. The van der Waals surface area contributed by atoms with Crippen LogP contribution >= 0.6 is 0 Å². The first-order chi connectivity index (χ1) is 8.83. The monoisotopic (exact) mass is 245 g/mol. The van der Waals surface area contributed by atoms with E-state index in [1.165, 1.54) is 24.8 Å². The molecular formula is C16H23NO. The first kappa shape index (κ1) is 12.2. The van der Waals surface area contributed by atoms with Crippen LogP contribution in [-0.4, -0.2) is 24.8 Å². The summed E-state index contributed by atoms with van der Waals surface area (Å²) >= 11 is 0. The van der Waals surface area contributed by atoms with Crippen molar-refractivity contribution in [2.75, 3.05) is 6.61 Å². The Balaban J connectivity index is 1.52. The van der Waals surface area contributed by atoms with Gasteiger partial charge >= 0.3 is 0 Å². The molecule has 1 aliphatic heterocycles. The van der Waals surface area contributed by atoms with Crippen molar-refractivity contribution in [3.63, 3.8) is 0 Å². The zero-order chi connectivity index (χ0) is 12.4. The van der Waals surface area contributed by atoms with Crippen molar-refractivity contribution in [1.29, 1.82) is 0 Å². The summed E-state index contributed by atoms with van der Waals surface area (Å²) in [5.41, 5.74) is 1.42. The molecule has 18 heavy (non-hydrogen) atoms. The third-order valence-corrected chi connectivity index (χ3v) is 4.11. The molecule has 0 aromatic heterocycles. The van der Waals surface area contributed by atoms with E-state index < -0.39 is 0 Å². The Morgan fingerprint density at radius 2 is 2.00 bits per heavy atom. The Morgan fingerprint density at radius 3 is 2.72 bits per heavy atom. The molecule has 0 amide bonds. The zero-order valence-electron chi connectivity index (χ0n) is 11.1. The molecular weight excluding hydrogens is 222 g/mol. The Bertz CT molecular complexity index is 374. The summed E-state index contributed by atoms with van der Waals surface area (Å²) < 4.78 is 5.88. The second-order valence-electron chi connectivity index (χ2n) is 5.83. The van der Waals surface area contributed by atoms with Crippen molar-refractivity contribution < 1.29 is 4.74 Å². The number of benzene rings is 1. The lowest BCUT2D eigenvalue weighted by Gasteiger charge is -2.24. The largest absolute Gasteiger partial charge is 0.376 e. The molecule has 1 aliphatic carbocycles. The van der Waals surface area contributed by atoms with E-state index in [1.54, 1.807) is 0 Å². The minimum absolute atomic E-state index is 0.489. The molecule has 98 valence electrons. The smallest absolute Gasteiger partial charge is 0.0757 e. The minimum atomic E-state index is 0.489. The van der Waals surface area contributed by atoms with Gasteiger partial charge in [-0.25, -0.2) is 0 Å². The third-order valence-electron chi connectivity index (χ3n) is 4.11. The SMILES string of the molecule is CC(Cc1ccccc1)NC1CCOC1C1CC1. The van der Waals surface area contributed by atoms with Gasteiger partial charge in [-0.15, -0.1) is 0 Å². The maximum absolute atomic E-state index is 5.88. The van der Waals surface area contributed by atoms with E-state index in [4.69, 9.17) is 4.74 Å². The van der Waals surface area contributed by atoms with Crippen molar-refractivity contribution in [2.45, 2.75) is 50.8 Å². The molecule has 3 atom stereocenters. The van der Waals surface area contributed by atoms with Crippen molar-refractivity contribution in [3.8, 4) is 0 Å². The van der Waals surface area contributed by atoms with Gasteiger partial charge in [-0.1, -0.05) is 30.3 Å².